The van der Waals surface area contributed by atoms with Crippen molar-refractivity contribution in [2.24, 2.45) is 11.8 Å². The number of carbonyl (C=O) groups excluding carboxylic acids is 4. The van der Waals surface area contributed by atoms with Crippen LogP contribution in [0.1, 0.15) is 108 Å². The van der Waals surface area contributed by atoms with Crippen LogP contribution in [-0.2, 0) is 32.3 Å². The van der Waals surface area contributed by atoms with E-state index in [0.717, 1.165) is 16.8 Å². The van der Waals surface area contributed by atoms with E-state index >= 15 is 0 Å². The van der Waals surface area contributed by atoms with Gasteiger partial charge in [0.25, 0.3) is 0 Å². The largest absolute Gasteiger partial charge is 0.445 e. The molecule has 4 amide bonds. The monoisotopic (exact) mass is 675 g/mol. The lowest BCUT2D eigenvalue weighted by Gasteiger charge is -2.51. The average Bonchev–Trinajstić information content (AvgIpc) is 2.99. The second-order valence-electron chi connectivity index (χ2n) is 15.9. The van der Waals surface area contributed by atoms with Crippen LogP contribution in [-0.4, -0.2) is 95.1 Å². The van der Waals surface area contributed by atoms with Crippen molar-refractivity contribution in [3.05, 3.63) is 29.3 Å². The first-order valence-electron chi connectivity index (χ1n) is 16.9. The Bertz CT molecular complexity index is 1300. The number of hydrogen-bond donors (Lipinski definition) is 1. The number of rotatable bonds is 14. The fourth-order valence-electron chi connectivity index (χ4n) is 4.91. The highest BCUT2D eigenvalue weighted by Crippen LogP contribution is 2.34. The van der Waals surface area contributed by atoms with Crippen LogP contribution >= 0.6 is 0 Å². The molecular formula is C37H65N5O6. The van der Waals surface area contributed by atoms with E-state index in [9.17, 15) is 19.2 Å². The number of anilines is 1. The predicted octanol–water partition coefficient (Wildman–Crippen LogP) is 6.67. The van der Waals surface area contributed by atoms with Gasteiger partial charge in [0.05, 0.1) is 22.2 Å². The van der Waals surface area contributed by atoms with Crippen molar-refractivity contribution < 1.29 is 28.7 Å². The van der Waals surface area contributed by atoms with Crippen LogP contribution in [0, 0.1) is 11.8 Å². The maximum Gasteiger partial charge on any atom is 0.410 e. The fraction of sp³-hybridized carbons (Fsp3) is 0.730. The molecule has 0 saturated heterocycles. The van der Waals surface area contributed by atoms with Gasteiger partial charge >= 0.3 is 12.2 Å². The van der Waals surface area contributed by atoms with Crippen LogP contribution in [0.15, 0.2) is 18.2 Å². The van der Waals surface area contributed by atoms with Gasteiger partial charge in [0, 0.05) is 57.3 Å². The molecule has 0 saturated carbocycles. The molecule has 48 heavy (non-hydrogen) atoms. The van der Waals surface area contributed by atoms with Gasteiger partial charge in [0.2, 0.25) is 11.8 Å². The summed E-state index contributed by atoms with van der Waals surface area (Å²) < 4.78 is 11.6. The maximum atomic E-state index is 13.4. The first-order valence-corrected chi connectivity index (χ1v) is 16.9. The highest BCUT2D eigenvalue weighted by Gasteiger charge is 2.47. The van der Waals surface area contributed by atoms with Gasteiger partial charge in [0.1, 0.15) is 13.2 Å². The standard InChI is InChI=1S/C37H65N5O6/c1-24(2)30(43)38-34(7,8)35(9,10)41(17)32(45)48-23-28-21-27(19-20-29(28)39(15)26(5)6)22-47-33(46)42(18)37(13,14)36(11,12)40(16)31(44)25(3)4/h19-21,24-26H,22-23H2,1-18H3,(H,38,43). The number of carbonyl (C=O) groups is 4. The van der Waals surface area contributed by atoms with Crippen molar-refractivity contribution in [2.45, 2.75) is 138 Å². The van der Waals surface area contributed by atoms with Crippen LogP contribution in [0.3, 0.4) is 0 Å². The maximum absolute atomic E-state index is 13.4. The second kappa shape index (κ2) is 15.8. The van der Waals surface area contributed by atoms with Crippen molar-refractivity contribution >= 4 is 29.7 Å². The zero-order valence-corrected chi connectivity index (χ0v) is 33.1. The van der Waals surface area contributed by atoms with Gasteiger partial charge in [0.15, 0.2) is 0 Å². The molecule has 1 N–H and O–H groups in total. The Labute approximate surface area is 290 Å². The third-order valence-electron chi connectivity index (χ3n) is 10.9. The molecule has 0 aromatic heterocycles. The van der Waals surface area contributed by atoms with Crippen molar-refractivity contribution in [1.29, 1.82) is 0 Å². The number of ether oxygens (including phenoxy) is 2. The first kappa shape index (κ1) is 42.5. The van der Waals surface area contributed by atoms with Crippen LogP contribution in [0.2, 0.25) is 0 Å². The molecule has 11 nitrogen and oxygen atoms in total. The quantitative estimate of drug-likeness (QED) is 0.235. The van der Waals surface area contributed by atoms with Gasteiger partial charge in [-0.2, -0.15) is 0 Å². The summed E-state index contributed by atoms with van der Waals surface area (Å²) in [6.07, 6.45) is -1.06. The zero-order valence-electron chi connectivity index (χ0n) is 33.1. The minimum atomic E-state index is -0.784. The molecule has 1 aromatic rings. The normalized spacial score (nSPS) is 12.6. The molecule has 0 aliphatic heterocycles. The molecule has 274 valence electrons. The molecule has 0 atom stereocenters. The highest BCUT2D eigenvalue weighted by atomic mass is 16.6. The van der Waals surface area contributed by atoms with Gasteiger partial charge in [-0.15, -0.1) is 0 Å². The summed E-state index contributed by atoms with van der Waals surface area (Å²) in [6, 6.07) is 5.90. The summed E-state index contributed by atoms with van der Waals surface area (Å²) in [4.78, 5) is 58.9. The van der Waals surface area contributed by atoms with Crippen molar-refractivity contribution in [3.8, 4) is 0 Å². The SMILES string of the molecule is CC(C)C(=O)NC(C)(C)C(C)(C)N(C)C(=O)OCc1cc(COC(=O)N(C)C(C)(C)C(C)(C)N(C)C(=O)C(C)C)ccc1N(C)C(C)C. The molecular weight excluding hydrogens is 610 g/mol. The number of likely N-dealkylation sites (N-methyl/N-ethyl adjacent to an activating group) is 3. The van der Waals surface area contributed by atoms with Gasteiger partial charge in [-0.3, -0.25) is 9.59 Å². The van der Waals surface area contributed by atoms with E-state index in [0.29, 0.717) is 0 Å². The molecule has 0 radical (unpaired) electrons. The number of nitrogens with one attached hydrogen (secondary N) is 1. The molecule has 1 rings (SSSR count). The topological polar surface area (TPSA) is 112 Å². The summed E-state index contributed by atoms with van der Waals surface area (Å²) in [7, 11) is 7.08. The minimum absolute atomic E-state index is 0.00371. The van der Waals surface area contributed by atoms with Crippen LogP contribution in [0.5, 0.6) is 0 Å². The van der Waals surface area contributed by atoms with Crippen LogP contribution < -0.4 is 10.2 Å². The fourth-order valence-corrected chi connectivity index (χ4v) is 4.91. The third kappa shape index (κ3) is 9.35. The Hall–Kier alpha value is -3.50. The summed E-state index contributed by atoms with van der Waals surface area (Å²) >= 11 is 0. The summed E-state index contributed by atoms with van der Waals surface area (Å²) in [5.41, 5.74) is -0.609. The van der Waals surface area contributed by atoms with Gasteiger partial charge in [-0.1, -0.05) is 33.8 Å². The van der Waals surface area contributed by atoms with E-state index in [1.807, 2.05) is 108 Å². The Morgan fingerprint density at radius 1 is 0.667 bits per heavy atom. The smallest absolute Gasteiger partial charge is 0.410 e. The van der Waals surface area contributed by atoms with Crippen molar-refractivity contribution in [3.63, 3.8) is 0 Å². The summed E-state index contributed by atoms with van der Waals surface area (Å²) in [6.45, 7) is 26.8. The van der Waals surface area contributed by atoms with E-state index < -0.39 is 34.3 Å². The zero-order chi connectivity index (χ0) is 37.7. The van der Waals surface area contributed by atoms with Gasteiger partial charge in [-0.05, 0) is 86.9 Å². The minimum Gasteiger partial charge on any atom is -0.445 e. The lowest BCUT2D eigenvalue weighted by Crippen LogP contribution is -2.66. The Kier molecular flexibility index (Phi) is 14.0. The van der Waals surface area contributed by atoms with Crippen molar-refractivity contribution in [1.82, 2.24) is 20.0 Å². The van der Waals surface area contributed by atoms with E-state index in [2.05, 4.69) is 24.1 Å². The molecule has 0 spiro atoms. The van der Waals surface area contributed by atoms with Crippen LogP contribution in [0.25, 0.3) is 0 Å². The van der Waals surface area contributed by atoms with E-state index in [-0.39, 0.29) is 42.9 Å². The van der Waals surface area contributed by atoms with E-state index in [4.69, 9.17) is 9.47 Å². The molecule has 0 unspecified atom stereocenters. The van der Waals surface area contributed by atoms with E-state index in [1.54, 1.807) is 26.0 Å². The van der Waals surface area contributed by atoms with Gasteiger partial charge in [-0.25, -0.2) is 9.59 Å². The first-order chi connectivity index (χ1) is 21.6. The molecule has 0 fully saturated rings. The number of amides is 4. The average molecular weight is 676 g/mol. The Morgan fingerprint density at radius 3 is 1.58 bits per heavy atom. The molecule has 0 heterocycles. The predicted molar refractivity (Wildman–Crippen MR) is 193 cm³/mol. The molecule has 0 aliphatic rings. The second-order valence-corrected chi connectivity index (χ2v) is 15.9. The molecule has 11 heteroatoms. The Balaban J connectivity index is 3.21. The molecule has 1 aromatic carbocycles. The molecule has 0 bridgehead atoms. The third-order valence-corrected chi connectivity index (χ3v) is 10.9. The Morgan fingerprint density at radius 2 is 1.12 bits per heavy atom. The highest BCUT2D eigenvalue weighted by molar-refractivity contribution is 5.79. The van der Waals surface area contributed by atoms with Crippen molar-refractivity contribution in [2.75, 3.05) is 33.1 Å². The summed E-state index contributed by atoms with van der Waals surface area (Å²) in [5, 5.41) is 3.06. The lowest BCUT2D eigenvalue weighted by molar-refractivity contribution is -0.143. The van der Waals surface area contributed by atoms with Crippen LogP contribution in [0.4, 0.5) is 15.3 Å². The number of benzene rings is 1. The number of nitrogens with zero attached hydrogens (tertiary/aromatic N) is 4. The van der Waals surface area contributed by atoms with E-state index in [1.165, 1.54) is 9.80 Å². The van der Waals surface area contributed by atoms with Gasteiger partial charge < -0.3 is 34.4 Å². The lowest BCUT2D eigenvalue weighted by atomic mass is 9.79. The summed E-state index contributed by atoms with van der Waals surface area (Å²) in [5.74, 6) is -0.475. The number of hydrogen-bond acceptors (Lipinski definition) is 7. The molecule has 0 aliphatic carbocycles.